The van der Waals surface area contributed by atoms with Crippen molar-refractivity contribution < 1.29 is 0 Å². The van der Waals surface area contributed by atoms with Gasteiger partial charge in [-0.25, -0.2) is 0 Å². The van der Waals surface area contributed by atoms with Crippen LogP contribution in [0.1, 0.15) is 72.1 Å². The Hall–Kier alpha value is -0.120. The van der Waals surface area contributed by atoms with Crippen molar-refractivity contribution in [2.75, 3.05) is 32.7 Å². The monoisotopic (exact) mass is 297 g/mol. The van der Waals surface area contributed by atoms with Gasteiger partial charge in [0.25, 0.3) is 0 Å². The van der Waals surface area contributed by atoms with E-state index in [2.05, 4.69) is 30.6 Å². The molecule has 0 aromatic rings. The normalized spacial score (nSPS) is 22.6. The smallest absolute Gasteiger partial charge is 0.0219 e. The molecule has 0 radical (unpaired) electrons. The number of nitrogens with two attached hydrogens (primary N) is 1. The fourth-order valence-corrected chi connectivity index (χ4v) is 3.61. The standard InChI is InChI=1S/C18H39N3/c1-4-6-7-8-9-10-11-12-18(15-19)21-14-13-20(5-2)17(3)16-21/h17-18H,4-16,19H2,1-3H3. The molecule has 0 spiro atoms. The number of hydrogen-bond acceptors (Lipinski definition) is 3. The Balaban J connectivity index is 2.16. The van der Waals surface area contributed by atoms with Crippen LogP contribution in [0.2, 0.25) is 0 Å². The molecule has 3 nitrogen and oxygen atoms in total. The van der Waals surface area contributed by atoms with Gasteiger partial charge < -0.3 is 5.73 Å². The van der Waals surface area contributed by atoms with Gasteiger partial charge in [-0.05, 0) is 19.9 Å². The second-order valence-corrected chi connectivity index (χ2v) is 6.77. The number of unbranched alkanes of at least 4 members (excludes halogenated alkanes) is 6. The summed E-state index contributed by atoms with van der Waals surface area (Å²) in [7, 11) is 0. The summed E-state index contributed by atoms with van der Waals surface area (Å²) >= 11 is 0. The first-order chi connectivity index (χ1) is 10.2. The summed E-state index contributed by atoms with van der Waals surface area (Å²) < 4.78 is 0. The van der Waals surface area contributed by atoms with Crippen molar-refractivity contribution in [2.24, 2.45) is 5.73 Å². The fourth-order valence-electron chi connectivity index (χ4n) is 3.61. The molecule has 1 heterocycles. The molecule has 1 aliphatic heterocycles. The van der Waals surface area contributed by atoms with Crippen molar-refractivity contribution in [3.05, 3.63) is 0 Å². The second-order valence-electron chi connectivity index (χ2n) is 6.77. The molecule has 0 saturated carbocycles. The summed E-state index contributed by atoms with van der Waals surface area (Å²) in [6.07, 6.45) is 11.1. The summed E-state index contributed by atoms with van der Waals surface area (Å²) in [5.41, 5.74) is 6.04. The molecule has 126 valence electrons. The van der Waals surface area contributed by atoms with E-state index in [0.29, 0.717) is 12.1 Å². The number of hydrogen-bond donors (Lipinski definition) is 1. The lowest BCUT2D eigenvalue weighted by Crippen LogP contribution is -2.56. The highest BCUT2D eigenvalue weighted by Crippen LogP contribution is 2.16. The van der Waals surface area contributed by atoms with Gasteiger partial charge in [0.2, 0.25) is 0 Å². The van der Waals surface area contributed by atoms with E-state index in [0.717, 1.165) is 6.54 Å². The zero-order chi connectivity index (χ0) is 15.5. The largest absolute Gasteiger partial charge is 0.329 e. The molecule has 0 amide bonds. The highest BCUT2D eigenvalue weighted by atomic mass is 15.3. The average Bonchev–Trinajstić information content (AvgIpc) is 2.50. The van der Waals surface area contributed by atoms with E-state index < -0.39 is 0 Å². The molecular formula is C18H39N3. The van der Waals surface area contributed by atoms with Crippen LogP contribution >= 0.6 is 0 Å². The van der Waals surface area contributed by atoms with E-state index in [1.54, 1.807) is 0 Å². The maximum Gasteiger partial charge on any atom is 0.0219 e. The van der Waals surface area contributed by atoms with E-state index >= 15 is 0 Å². The van der Waals surface area contributed by atoms with Gasteiger partial charge in [-0.1, -0.05) is 58.8 Å². The Morgan fingerprint density at radius 2 is 1.67 bits per heavy atom. The van der Waals surface area contributed by atoms with Crippen molar-refractivity contribution in [1.82, 2.24) is 9.80 Å². The first kappa shape index (κ1) is 18.9. The SMILES string of the molecule is CCCCCCCCCC(CN)N1CCN(CC)C(C)C1. The quantitative estimate of drug-likeness (QED) is 0.593. The predicted octanol–water partition coefficient (Wildman–Crippen LogP) is 3.48. The minimum absolute atomic E-state index is 0.613. The second kappa shape index (κ2) is 11.4. The fraction of sp³-hybridized carbons (Fsp3) is 1.00. The van der Waals surface area contributed by atoms with Crippen LogP contribution in [0.4, 0.5) is 0 Å². The molecule has 21 heavy (non-hydrogen) atoms. The highest BCUT2D eigenvalue weighted by Gasteiger charge is 2.26. The average molecular weight is 298 g/mol. The predicted molar refractivity (Wildman–Crippen MR) is 93.7 cm³/mol. The summed E-state index contributed by atoms with van der Waals surface area (Å²) in [6, 6.07) is 1.30. The van der Waals surface area contributed by atoms with Crippen molar-refractivity contribution in [2.45, 2.75) is 84.2 Å². The molecule has 3 heteroatoms. The van der Waals surface area contributed by atoms with Crippen molar-refractivity contribution in [1.29, 1.82) is 0 Å². The van der Waals surface area contributed by atoms with Crippen LogP contribution in [0.3, 0.4) is 0 Å². The zero-order valence-corrected chi connectivity index (χ0v) is 14.8. The molecule has 2 N–H and O–H groups in total. The van der Waals surface area contributed by atoms with E-state index in [-0.39, 0.29) is 0 Å². The third-order valence-electron chi connectivity index (χ3n) is 5.13. The van der Waals surface area contributed by atoms with Crippen LogP contribution in [0.5, 0.6) is 0 Å². The first-order valence-electron chi connectivity index (χ1n) is 9.41. The number of likely N-dealkylation sites (N-methyl/N-ethyl adjacent to an activating group) is 1. The maximum absolute atomic E-state index is 6.04. The maximum atomic E-state index is 6.04. The van der Waals surface area contributed by atoms with Crippen molar-refractivity contribution >= 4 is 0 Å². The minimum atomic E-state index is 0.613. The molecule has 0 aliphatic carbocycles. The Morgan fingerprint density at radius 3 is 2.24 bits per heavy atom. The van der Waals surface area contributed by atoms with Crippen LogP contribution in [-0.2, 0) is 0 Å². The first-order valence-corrected chi connectivity index (χ1v) is 9.41. The van der Waals surface area contributed by atoms with Gasteiger partial charge in [0.05, 0.1) is 0 Å². The van der Waals surface area contributed by atoms with Crippen LogP contribution < -0.4 is 5.73 Å². The molecule has 1 aliphatic rings. The van der Waals surface area contributed by atoms with Crippen LogP contribution in [0, 0.1) is 0 Å². The lowest BCUT2D eigenvalue weighted by molar-refractivity contribution is 0.0575. The summed E-state index contributed by atoms with van der Waals surface area (Å²) in [5, 5.41) is 0. The number of nitrogens with zero attached hydrogens (tertiary/aromatic N) is 2. The Kier molecular flexibility index (Phi) is 10.3. The Labute approximate surface area is 133 Å². The lowest BCUT2D eigenvalue weighted by atomic mass is 10.0. The van der Waals surface area contributed by atoms with E-state index in [9.17, 15) is 0 Å². The lowest BCUT2D eigenvalue weighted by Gasteiger charge is -2.42. The van der Waals surface area contributed by atoms with E-state index in [1.165, 1.54) is 77.5 Å². The molecule has 2 atom stereocenters. The Morgan fingerprint density at radius 1 is 1.00 bits per heavy atom. The van der Waals surface area contributed by atoms with E-state index in [4.69, 9.17) is 5.73 Å². The Bertz CT molecular complexity index is 245. The van der Waals surface area contributed by atoms with Crippen molar-refractivity contribution in [3.8, 4) is 0 Å². The van der Waals surface area contributed by atoms with Gasteiger partial charge >= 0.3 is 0 Å². The molecule has 1 saturated heterocycles. The summed E-state index contributed by atoms with van der Waals surface area (Å²) in [4.78, 5) is 5.23. The number of rotatable bonds is 11. The molecule has 2 unspecified atom stereocenters. The van der Waals surface area contributed by atoms with Gasteiger partial charge in [0.1, 0.15) is 0 Å². The van der Waals surface area contributed by atoms with Crippen LogP contribution in [0.25, 0.3) is 0 Å². The number of piperazine rings is 1. The summed E-state index contributed by atoms with van der Waals surface area (Å²) in [5.74, 6) is 0. The zero-order valence-electron chi connectivity index (χ0n) is 14.8. The van der Waals surface area contributed by atoms with Gasteiger partial charge in [0.15, 0.2) is 0 Å². The van der Waals surface area contributed by atoms with Crippen LogP contribution in [-0.4, -0.2) is 54.6 Å². The molecule has 0 aromatic heterocycles. The molecule has 1 rings (SSSR count). The third kappa shape index (κ3) is 7.12. The van der Waals surface area contributed by atoms with Crippen molar-refractivity contribution in [3.63, 3.8) is 0 Å². The molecule has 0 aromatic carbocycles. The van der Waals surface area contributed by atoms with Gasteiger partial charge in [-0.2, -0.15) is 0 Å². The molecule has 1 fully saturated rings. The highest BCUT2D eigenvalue weighted by molar-refractivity contribution is 4.83. The molecular weight excluding hydrogens is 258 g/mol. The summed E-state index contributed by atoms with van der Waals surface area (Å²) in [6.45, 7) is 12.5. The van der Waals surface area contributed by atoms with Gasteiger partial charge in [-0.3, -0.25) is 9.80 Å². The molecule has 0 bridgehead atoms. The van der Waals surface area contributed by atoms with Crippen LogP contribution in [0.15, 0.2) is 0 Å². The topological polar surface area (TPSA) is 32.5 Å². The minimum Gasteiger partial charge on any atom is -0.329 e. The van der Waals surface area contributed by atoms with Gasteiger partial charge in [0, 0.05) is 38.3 Å². The van der Waals surface area contributed by atoms with Gasteiger partial charge in [-0.15, -0.1) is 0 Å². The third-order valence-corrected chi connectivity index (χ3v) is 5.13. The van der Waals surface area contributed by atoms with E-state index in [1.807, 2.05) is 0 Å².